The van der Waals surface area contributed by atoms with E-state index in [1.54, 1.807) is 0 Å². The molecule has 0 unspecified atom stereocenters. The summed E-state index contributed by atoms with van der Waals surface area (Å²) >= 11 is 3.40. The standard InChI is InChI=1S/C15H14BrFN2O2/c1-2-8-5-9(16)3-4-13(8)19-14-7-11(17)10(15(20)21)6-12(14)18/h3-7,19H,2,18H2,1H3,(H,20,21). The molecule has 2 aromatic carbocycles. The predicted molar refractivity (Wildman–Crippen MR) is 84.6 cm³/mol. The number of halogens is 2. The Labute approximate surface area is 129 Å². The van der Waals surface area contributed by atoms with Crippen molar-refractivity contribution in [2.45, 2.75) is 13.3 Å². The fourth-order valence-corrected chi connectivity index (χ4v) is 2.39. The molecule has 0 bridgehead atoms. The highest BCUT2D eigenvalue weighted by Gasteiger charge is 2.14. The maximum atomic E-state index is 13.7. The van der Waals surface area contributed by atoms with Crippen LogP contribution in [0.4, 0.5) is 21.5 Å². The van der Waals surface area contributed by atoms with Crippen LogP contribution in [0, 0.1) is 5.82 Å². The Morgan fingerprint density at radius 1 is 1.33 bits per heavy atom. The quantitative estimate of drug-likeness (QED) is 0.721. The Balaban J connectivity index is 2.41. The van der Waals surface area contributed by atoms with Crippen molar-refractivity contribution in [1.82, 2.24) is 0 Å². The first kappa shape index (κ1) is 15.3. The molecule has 0 saturated carbocycles. The van der Waals surface area contributed by atoms with Gasteiger partial charge >= 0.3 is 5.97 Å². The number of carbonyl (C=O) groups is 1. The zero-order valence-electron chi connectivity index (χ0n) is 11.3. The number of hydrogen-bond acceptors (Lipinski definition) is 3. The molecule has 2 aromatic rings. The molecule has 0 aliphatic rings. The van der Waals surface area contributed by atoms with Crippen molar-refractivity contribution in [2.24, 2.45) is 0 Å². The van der Waals surface area contributed by atoms with Gasteiger partial charge in [0.15, 0.2) is 0 Å². The van der Waals surface area contributed by atoms with Crippen LogP contribution in [-0.4, -0.2) is 11.1 Å². The molecule has 4 nitrogen and oxygen atoms in total. The van der Waals surface area contributed by atoms with E-state index >= 15 is 0 Å². The van der Waals surface area contributed by atoms with Gasteiger partial charge in [-0.05, 0) is 36.2 Å². The second-order valence-electron chi connectivity index (χ2n) is 4.50. The molecule has 0 saturated heterocycles. The summed E-state index contributed by atoms with van der Waals surface area (Å²) in [5, 5.41) is 11.9. The van der Waals surface area contributed by atoms with Crippen LogP contribution in [0.25, 0.3) is 0 Å². The number of aromatic carboxylic acids is 1. The van der Waals surface area contributed by atoms with Crippen molar-refractivity contribution in [3.8, 4) is 0 Å². The van der Waals surface area contributed by atoms with Crippen LogP contribution in [0.3, 0.4) is 0 Å². The summed E-state index contributed by atoms with van der Waals surface area (Å²) < 4.78 is 14.7. The number of nitrogens with one attached hydrogen (secondary N) is 1. The Hall–Kier alpha value is -2.08. The van der Waals surface area contributed by atoms with Gasteiger partial charge in [0.05, 0.1) is 16.9 Å². The van der Waals surface area contributed by atoms with Crippen LogP contribution in [-0.2, 0) is 6.42 Å². The lowest BCUT2D eigenvalue weighted by atomic mass is 10.1. The molecule has 0 fully saturated rings. The number of nitrogen functional groups attached to an aromatic ring is 1. The molecule has 110 valence electrons. The maximum Gasteiger partial charge on any atom is 0.338 e. The third kappa shape index (κ3) is 3.33. The molecule has 0 heterocycles. The molecular formula is C15H14BrFN2O2. The molecule has 21 heavy (non-hydrogen) atoms. The van der Waals surface area contributed by atoms with E-state index in [0.29, 0.717) is 5.69 Å². The molecule has 0 aliphatic heterocycles. The van der Waals surface area contributed by atoms with Crippen molar-refractivity contribution in [2.75, 3.05) is 11.1 Å². The third-order valence-electron chi connectivity index (χ3n) is 3.09. The maximum absolute atomic E-state index is 13.7. The van der Waals surface area contributed by atoms with E-state index < -0.39 is 17.3 Å². The number of carboxylic acid groups (broad SMARTS) is 1. The lowest BCUT2D eigenvalue weighted by Gasteiger charge is -2.14. The van der Waals surface area contributed by atoms with E-state index in [-0.39, 0.29) is 5.69 Å². The van der Waals surface area contributed by atoms with Crippen molar-refractivity contribution in [1.29, 1.82) is 0 Å². The van der Waals surface area contributed by atoms with Gasteiger partial charge in [0.25, 0.3) is 0 Å². The van der Waals surface area contributed by atoms with Crippen LogP contribution >= 0.6 is 15.9 Å². The summed E-state index contributed by atoms with van der Waals surface area (Å²) in [4.78, 5) is 10.9. The first-order valence-corrected chi connectivity index (χ1v) is 7.09. The van der Waals surface area contributed by atoms with Gasteiger partial charge in [-0.1, -0.05) is 22.9 Å². The molecule has 2 rings (SSSR count). The fourth-order valence-electron chi connectivity index (χ4n) is 1.98. The highest BCUT2D eigenvalue weighted by Crippen LogP contribution is 2.29. The number of aryl methyl sites for hydroxylation is 1. The number of rotatable bonds is 4. The summed E-state index contributed by atoms with van der Waals surface area (Å²) in [6.45, 7) is 2.00. The summed E-state index contributed by atoms with van der Waals surface area (Å²) in [5.41, 5.74) is 7.71. The molecular weight excluding hydrogens is 339 g/mol. The molecule has 4 N–H and O–H groups in total. The lowest BCUT2D eigenvalue weighted by Crippen LogP contribution is -2.05. The monoisotopic (exact) mass is 352 g/mol. The van der Waals surface area contributed by atoms with Gasteiger partial charge in [-0.2, -0.15) is 0 Å². The van der Waals surface area contributed by atoms with E-state index in [0.717, 1.165) is 34.3 Å². The molecule has 6 heteroatoms. The number of benzene rings is 2. The fraction of sp³-hybridized carbons (Fsp3) is 0.133. The first-order chi connectivity index (χ1) is 9.92. The average Bonchev–Trinajstić information content (AvgIpc) is 2.43. The zero-order valence-corrected chi connectivity index (χ0v) is 12.9. The van der Waals surface area contributed by atoms with Crippen molar-refractivity contribution in [3.63, 3.8) is 0 Å². The van der Waals surface area contributed by atoms with Crippen molar-refractivity contribution in [3.05, 3.63) is 51.7 Å². The van der Waals surface area contributed by atoms with Gasteiger partial charge in [-0.15, -0.1) is 0 Å². The SMILES string of the molecule is CCc1cc(Br)ccc1Nc1cc(F)c(C(=O)O)cc1N. The second-order valence-corrected chi connectivity index (χ2v) is 5.42. The predicted octanol–water partition coefficient (Wildman–Crippen LogP) is 4.17. The van der Waals surface area contributed by atoms with Gasteiger partial charge in [0.1, 0.15) is 5.82 Å². The third-order valence-corrected chi connectivity index (χ3v) is 3.58. The van der Waals surface area contributed by atoms with Crippen LogP contribution < -0.4 is 11.1 Å². The Bertz CT molecular complexity index is 704. The van der Waals surface area contributed by atoms with Crippen molar-refractivity contribution >= 4 is 39.0 Å². The van der Waals surface area contributed by atoms with Gasteiger partial charge < -0.3 is 16.2 Å². The molecule has 0 atom stereocenters. The Kier molecular flexibility index (Phi) is 4.47. The zero-order chi connectivity index (χ0) is 15.6. The van der Waals surface area contributed by atoms with Gasteiger partial charge in [0, 0.05) is 16.2 Å². The summed E-state index contributed by atoms with van der Waals surface area (Å²) in [6, 6.07) is 7.89. The van der Waals surface area contributed by atoms with E-state index in [1.165, 1.54) is 0 Å². The Morgan fingerprint density at radius 2 is 2.05 bits per heavy atom. The number of carboxylic acids is 1. The normalized spacial score (nSPS) is 10.4. The number of hydrogen-bond donors (Lipinski definition) is 3. The molecule has 0 aromatic heterocycles. The number of anilines is 3. The first-order valence-electron chi connectivity index (χ1n) is 6.30. The molecule has 0 radical (unpaired) electrons. The Morgan fingerprint density at radius 3 is 2.67 bits per heavy atom. The summed E-state index contributed by atoms with van der Waals surface area (Å²) in [6.07, 6.45) is 0.789. The van der Waals surface area contributed by atoms with E-state index in [4.69, 9.17) is 10.8 Å². The van der Waals surface area contributed by atoms with Gasteiger partial charge in [0.2, 0.25) is 0 Å². The van der Waals surface area contributed by atoms with Crippen LogP contribution in [0.1, 0.15) is 22.8 Å². The van der Waals surface area contributed by atoms with Gasteiger partial charge in [-0.25, -0.2) is 9.18 Å². The van der Waals surface area contributed by atoms with Crippen LogP contribution in [0.15, 0.2) is 34.8 Å². The van der Waals surface area contributed by atoms with Gasteiger partial charge in [-0.3, -0.25) is 0 Å². The van der Waals surface area contributed by atoms with E-state index in [9.17, 15) is 9.18 Å². The molecule has 0 spiro atoms. The minimum Gasteiger partial charge on any atom is -0.478 e. The molecule has 0 aliphatic carbocycles. The highest BCUT2D eigenvalue weighted by molar-refractivity contribution is 9.10. The highest BCUT2D eigenvalue weighted by atomic mass is 79.9. The lowest BCUT2D eigenvalue weighted by molar-refractivity contribution is 0.0692. The molecule has 0 amide bonds. The summed E-state index contributed by atoms with van der Waals surface area (Å²) in [7, 11) is 0. The smallest absolute Gasteiger partial charge is 0.338 e. The van der Waals surface area contributed by atoms with Crippen molar-refractivity contribution < 1.29 is 14.3 Å². The largest absolute Gasteiger partial charge is 0.478 e. The van der Waals surface area contributed by atoms with Crippen LogP contribution in [0.2, 0.25) is 0 Å². The van der Waals surface area contributed by atoms with E-state index in [1.807, 2.05) is 25.1 Å². The second kappa shape index (κ2) is 6.13. The number of nitrogens with two attached hydrogens (primary N) is 1. The minimum absolute atomic E-state index is 0.179. The minimum atomic E-state index is -1.34. The summed E-state index contributed by atoms with van der Waals surface area (Å²) in [5.74, 6) is -2.17. The van der Waals surface area contributed by atoms with E-state index in [2.05, 4.69) is 21.2 Å². The average molecular weight is 353 g/mol. The topological polar surface area (TPSA) is 75.3 Å². The van der Waals surface area contributed by atoms with Crippen LogP contribution in [0.5, 0.6) is 0 Å².